The van der Waals surface area contributed by atoms with Gasteiger partial charge in [-0.3, -0.25) is 0 Å². The van der Waals surface area contributed by atoms with Crippen LogP contribution in [-0.4, -0.2) is 31.1 Å². The molecule has 0 aliphatic rings. The lowest BCUT2D eigenvalue weighted by Gasteiger charge is -2.07. The summed E-state index contributed by atoms with van der Waals surface area (Å²) in [6.45, 7) is 0. The third-order valence-electron chi connectivity index (χ3n) is 3.72. The number of hydrogen-bond acceptors (Lipinski definition) is 4. The molecule has 116 valence electrons. The topological polar surface area (TPSA) is 80.9 Å². The van der Waals surface area contributed by atoms with E-state index in [2.05, 4.69) is 15.3 Å². The zero-order valence-corrected chi connectivity index (χ0v) is 12.5. The van der Waals surface area contributed by atoms with Crippen LogP contribution in [0.1, 0.15) is 10.5 Å². The Morgan fingerprint density at radius 1 is 1.00 bits per heavy atom. The predicted molar refractivity (Wildman–Crippen MR) is 89.1 cm³/mol. The first kappa shape index (κ1) is 14.1. The number of nitrogens with zero attached hydrogens (tertiary/aromatic N) is 4. The van der Waals surface area contributed by atoms with E-state index in [1.165, 1.54) is 6.07 Å². The fourth-order valence-electron chi connectivity index (χ4n) is 2.58. The maximum absolute atomic E-state index is 11.3. The number of hydrogen-bond donors (Lipinski definition) is 1. The molecule has 2 aromatic heterocycles. The number of carboxylic acids is 1. The van der Waals surface area contributed by atoms with Gasteiger partial charge in [-0.25, -0.2) is 14.5 Å². The molecule has 0 fully saturated rings. The summed E-state index contributed by atoms with van der Waals surface area (Å²) < 4.78 is 1.58. The molecule has 0 unspecified atom stereocenters. The number of para-hydroxylation sites is 1. The van der Waals surface area contributed by atoms with Gasteiger partial charge < -0.3 is 5.11 Å². The van der Waals surface area contributed by atoms with Crippen LogP contribution in [0.5, 0.6) is 0 Å². The Hall–Kier alpha value is -3.54. The largest absolute Gasteiger partial charge is 0.477 e. The first-order valence-corrected chi connectivity index (χ1v) is 7.33. The second-order valence-electron chi connectivity index (χ2n) is 5.26. The molecule has 24 heavy (non-hydrogen) atoms. The van der Waals surface area contributed by atoms with Gasteiger partial charge in [0.25, 0.3) is 0 Å². The van der Waals surface area contributed by atoms with Crippen molar-refractivity contribution in [3.05, 3.63) is 72.6 Å². The fraction of sp³-hybridized carbons (Fsp3) is 0. The van der Waals surface area contributed by atoms with Gasteiger partial charge >= 0.3 is 5.97 Å². The highest BCUT2D eigenvalue weighted by atomic mass is 16.4. The molecule has 6 heteroatoms. The van der Waals surface area contributed by atoms with Gasteiger partial charge in [0.05, 0.1) is 17.4 Å². The van der Waals surface area contributed by atoms with Crippen molar-refractivity contribution in [1.82, 2.24) is 20.0 Å². The predicted octanol–water partition coefficient (Wildman–Crippen LogP) is 3.18. The smallest absolute Gasteiger partial charge is 0.354 e. The van der Waals surface area contributed by atoms with Gasteiger partial charge in [-0.15, -0.1) is 5.10 Å². The van der Waals surface area contributed by atoms with Crippen molar-refractivity contribution in [3.63, 3.8) is 0 Å². The normalized spacial score (nSPS) is 10.8. The lowest BCUT2D eigenvalue weighted by atomic mass is 10.1. The summed E-state index contributed by atoms with van der Waals surface area (Å²) in [5.41, 5.74) is 2.87. The van der Waals surface area contributed by atoms with E-state index in [-0.39, 0.29) is 5.69 Å². The number of fused-ring (bicyclic) bond motifs is 1. The SMILES string of the molecule is O=C(O)c1cc(-n2cc(-c3ccccc3)nn2)c2ccccc2n1. The first-order valence-electron chi connectivity index (χ1n) is 7.33. The summed E-state index contributed by atoms with van der Waals surface area (Å²) in [4.78, 5) is 15.5. The summed E-state index contributed by atoms with van der Waals surface area (Å²) in [6.07, 6.45) is 1.78. The van der Waals surface area contributed by atoms with E-state index in [1.54, 1.807) is 16.9 Å². The molecule has 0 radical (unpaired) electrons. The van der Waals surface area contributed by atoms with E-state index in [0.29, 0.717) is 16.9 Å². The number of carbonyl (C=O) groups is 1. The number of aromatic nitrogens is 4. The van der Waals surface area contributed by atoms with Gasteiger partial charge in [0.2, 0.25) is 0 Å². The van der Waals surface area contributed by atoms with E-state index >= 15 is 0 Å². The lowest BCUT2D eigenvalue weighted by Crippen LogP contribution is -2.05. The molecule has 2 aromatic carbocycles. The highest BCUT2D eigenvalue weighted by Crippen LogP contribution is 2.23. The Morgan fingerprint density at radius 2 is 1.75 bits per heavy atom. The van der Waals surface area contributed by atoms with E-state index in [9.17, 15) is 9.90 Å². The third-order valence-corrected chi connectivity index (χ3v) is 3.72. The molecular weight excluding hydrogens is 304 g/mol. The van der Waals surface area contributed by atoms with Crippen LogP contribution < -0.4 is 0 Å². The number of pyridine rings is 1. The van der Waals surface area contributed by atoms with E-state index < -0.39 is 5.97 Å². The van der Waals surface area contributed by atoms with Crippen molar-refractivity contribution in [1.29, 1.82) is 0 Å². The Bertz CT molecular complexity index is 1040. The molecule has 0 saturated carbocycles. The minimum Gasteiger partial charge on any atom is -0.477 e. The molecule has 2 heterocycles. The number of benzene rings is 2. The maximum atomic E-state index is 11.3. The molecule has 0 aliphatic carbocycles. The van der Waals surface area contributed by atoms with Crippen LogP contribution >= 0.6 is 0 Å². The monoisotopic (exact) mass is 316 g/mol. The quantitative estimate of drug-likeness (QED) is 0.628. The van der Waals surface area contributed by atoms with Gasteiger partial charge in [0.15, 0.2) is 5.69 Å². The highest BCUT2D eigenvalue weighted by Gasteiger charge is 2.13. The van der Waals surface area contributed by atoms with Crippen molar-refractivity contribution in [3.8, 4) is 16.9 Å². The average molecular weight is 316 g/mol. The molecular formula is C18H12N4O2. The van der Waals surface area contributed by atoms with Gasteiger partial charge in [-0.1, -0.05) is 53.7 Å². The lowest BCUT2D eigenvalue weighted by molar-refractivity contribution is 0.0691. The van der Waals surface area contributed by atoms with Crippen LogP contribution in [0.2, 0.25) is 0 Å². The molecule has 0 saturated heterocycles. The van der Waals surface area contributed by atoms with Crippen molar-refractivity contribution in [2.45, 2.75) is 0 Å². The van der Waals surface area contributed by atoms with E-state index in [0.717, 1.165) is 10.9 Å². The van der Waals surface area contributed by atoms with Crippen molar-refractivity contribution < 1.29 is 9.90 Å². The molecule has 6 nitrogen and oxygen atoms in total. The maximum Gasteiger partial charge on any atom is 0.354 e. The standard InChI is InChI=1S/C18H12N4O2/c23-18(24)15-10-17(13-8-4-5-9-14(13)19-15)22-11-16(20-21-22)12-6-2-1-3-7-12/h1-11H,(H,23,24). The zero-order valence-electron chi connectivity index (χ0n) is 12.5. The van der Waals surface area contributed by atoms with E-state index in [1.807, 2.05) is 48.5 Å². The summed E-state index contributed by atoms with van der Waals surface area (Å²) in [7, 11) is 0. The Kier molecular flexibility index (Phi) is 3.28. The zero-order chi connectivity index (χ0) is 16.5. The minimum atomic E-state index is -1.08. The first-order chi connectivity index (χ1) is 11.7. The summed E-state index contributed by atoms with van der Waals surface area (Å²) >= 11 is 0. The van der Waals surface area contributed by atoms with Crippen molar-refractivity contribution >= 4 is 16.9 Å². The number of rotatable bonds is 3. The number of aromatic carboxylic acids is 1. The second kappa shape index (κ2) is 5.58. The molecule has 0 bridgehead atoms. The molecule has 1 N–H and O–H groups in total. The third kappa shape index (κ3) is 2.40. The average Bonchev–Trinajstić information content (AvgIpc) is 3.11. The molecule has 4 rings (SSSR count). The molecule has 4 aromatic rings. The Labute approximate surface area is 137 Å². The van der Waals surface area contributed by atoms with Crippen LogP contribution in [0, 0.1) is 0 Å². The summed E-state index contributed by atoms with van der Waals surface area (Å²) in [6, 6.07) is 18.6. The Balaban J connectivity index is 1.90. The highest BCUT2D eigenvalue weighted by molar-refractivity contribution is 5.94. The molecule has 0 amide bonds. The molecule has 0 aliphatic heterocycles. The summed E-state index contributed by atoms with van der Waals surface area (Å²) in [5.74, 6) is -1.08. The molecule has 0 spiro atoms. The van der Waals surface area contributed by atoms with Gasteiger partial charge in [-0.05, 0) is 12.1 Å². The van der Waals surface area contributed by atoms with Gasteiger partial charge in [0, 0.05) is 10.9 Å². The minimum absolute atomic E-state index is 0.0274. The van der Waals surface area contributed by atoms with Gasteiger partial charge in [-0.2, -0.15) is 0 Å². The van der Waals surface area contributed by atoms with Crippen LogP contribution in [0.15, 0.2) is 66.9 Å². The van der Waals surface area contributed by atoms with Crippen molar-refractivity contribution in [2.24, 2.45) is 0 Å². The summed E-state index contributed by atoms with van der Waals surface area (Å²) in [5, 5.41) is 18.5. The van der Waals surface area contributed by atoms with E-state index in [4.69, 9.17) is 0 Å². The van der Waals surface area contributed by atoms with Gasteiger partial charge in [0.1, 0.15) is 5.69 Å². The second-order valence-corrected chi connectivity index (χ2v) is 5.26. The van der Waals surface area contributed by atoms with Crippen molar-refractivity contribution in [2.75, 3.05) is 0 Å². The molecule has 0 atom stereocenters. The Morgan fingerprint density at radius 3 is 2.54 bits per heavy atom. The van der Waals surface area contributed by atoms with Crippen LogP contribution in [0.25, 0.3) is 27.8 Å². The van der Waals surface area contributed by atoms with Crippen LogP contribution in [0.4, 0.5) is 0 Å². The number of carboxylic acid groups (broad SMARTS) is 1. The fourth-order valence-corrected chi connectivity index (χ4v) is 2.58. The van der Waals surface area contributed by atoms with Crippen LogP contribution in [-0.2, 0) is 0 Å². The van der Waals surface area contributed by atoms with Crippen LogP contribution in [0.3, 0.4) is 0 Å².